The smallest absolute Gasteiger partial charge is 0.216 e. The molecule has 0 atom stereocenters. The molecule has 2 rings (SSSR count). The third-order valence-corrected chi connectivity index (χ3v) is 1.62. The van der Waals surface area contributed by atoms with Crippen LogP contribution in [0, 0.1) is 0 Å². The number of nitrogens with zero attached hydrogens (tertiary/aromatic N) is 3. The van der Waals surface area contributed by atoms with E-state index in [0.29, 0.717) is 5.82 Å². The zero-order valence-electron chi connectivity index (χ0n) is 6.12. The Morgan fingerprint density at radius 1 is 1.25 bits per heavy atom. The van der Waals surface area contributed by atoms with Crippen molar-refractivity contribution < 1.29 is 10.3 Å². The molecule has 0 bridgehead atoms. The van der Waals surface area contributed by atoms with Gasteiger partial charge in [-0.25, -0.2) is 10.9 Å². The van der Waals surface area contributed by atoms with Crippen molar-refractivity contribution in [2.45, 2.75) is 0 Å². The van der Waals surface area contributed by atoms with Gasteiger partial charge in [0, 0.05) is 12.4 Å². The van der Waals surface area contributed by atoms with Crippen molar-refractivity contribution in [1.82, 2.24) is 15.0 Å². The van der Waals surface area contributed by atoms with Crippen LogP contribution in [0.4, 0.5) is 0 Å². The van der Waals surface area contributed by atoms with Crippen molar-refractivity contribution in [1.29, 1.82) is 0 Å². The summed E-state index contributed by atoms with van der Waals surface area (Å²) >= 11 is 0. The molecule has 2 heterocycles. The van der Waals surface area contributed by atoms with E-state index in [1.54, 1.807) is 6.20 Å². The first-order chi connectivity index (χ1) is 5.68. The third-order valence-electron chi connectivity index (χ3n) is 1.62. The van der Waals surface area contributed by atoms with Crippen molar-refractivity contribution >= 4 is 0 Å². The van der Waals surface area contributed by atoms with Gasteiger partial charge in [0.25, 0.3) is 0 Å². The van der Waals surface area contributed by atoms with Gasteiger partial charge in [-0.15, -0.1) is 0 Å². The van der Waals surface area contributed by atoms with Crippen molar-refractivity contribution in [2.24, 2.45) is 5.84 Å². The van der Waals surface area contributed by atoms with Crippen LogP contribution < -0.4 is 5.84 Å². The number of fused-ring (bicyclic) bond motifs is 1. The first-order valence-corrected chi connectivity index (χ1v) is 3.30. The molecular weight excluding hydrogens is 160 g/mol. The number of nitrogens with two attached hydrogens (primary N) is 1. The standard InChI is InChI=1S/C6H8N4O2/c7-8-1-2-9-5(3-8)10(12)4-6(9)11/h1-4,11-12H,7H2. The summed E-state index contributed by atoms with van der Waals surface area (Å²) in [6, 6.07) is 0. The lowest BCUT2D eigenvalue weighted by Gasteiger charge is -2.24. The maximum absolute atomic E-state index is 9.21. The molecule has 6 heteroatoms. The third kappa shape index (κ3) is 0.825. The van der Waals surface area contributed by atoms with Crippen molar-refractivity contribution in [3.63, 3.8) is 0 Å². The molecule has 0 aromatic heterocycles. The summed E-state index contributed by atoms with van der Waals surface area (Å²) in [5, 5.41) is 20.5. The minimum Gasteiger partial charge on any atom is -0.493 e. The van der Waals surface area contributed by atoms with Crippen molar-refractivity contribution in [3.05, 3.63) is 36.5 Å². The van der Waals surface area contributed by atoms with Crippen molar-refractivity contribution in [2.75, 3.05) is 0 Å². The van der Waals surface area contributed by atoms with E-state index in [1.165, 1.54) is 28.5 Å². The van der Waals surface area contributed by atoms with Crippen LogP contribution in [0.2, 0.25) is 0 Å². The molecule has 6 nitrogen and oxygen atoms in total. The molecule has 0 spiro atoms. The second-order valence-corrected chi connectivity index (χ2v) is 2.43. The highest BCUT2D eigenvalue weighted by Crippen LogP contribution is 2.25. The van der Waals surface area contributed by atoms with Gasteiger partial charge in [-0.2, -0.15) is 0 Å². The Labute approximate surface area is 68.6 Å². The van der Waals surface area contributed by atoms with E-state index < -0.39 is 0 Å². The number of hydrazine groups is 1. The summed E-state index contributed by atoms with van der Waals surface area (Å²) in [7, 11) is 0. The van der Waals surface area contributed by atoms with Crippen LogP contribution in [0.5, 0.6) is 0 Å². The summed E-state index contributed by atoms with van der Waals surface area (Å²) in [6.45, 7) is 0. The summed E-state index contributed by atoms with van der Waals surface area (Å²) < 4.78 is 0. The topological polar surface area (TPSA) is 76.2 Å². The molecular formula is C6H8N4O2. The van der Waals surface area contributed by atoms with Gasteiger partial charge in [-0.05, 0) is 0 Å². The van der Waals surface area contributed by atoms with Gasteiger partial charge in [0.15, 0.2) is 5.82 Å². The summed E-state index contributed by atoms with van der Waals surface area (Å²) in [5.41, 5.74) is 0. The molecule has 4 N–H and O–H groups in total. The second kappa shape index (κ2) is 2.16. The minimum atomic E-state index is -0.0481. The highest BCUT2D eigenvalue weighted by molar-refractivity contribution is 5.21. The molecule has 2 aliphatic rings. The van der Waals surface area contributed by atoms with Gasteiger partial charge in [0.2, 0.25) is 5.88 Å². The molecule has 0 fully saturated rings. The maximum atomic E-state index is 9.21. The summed E-state index contributed by atoms with van der Waals surface area (Å²) in [5.74, 6) is 5.74. The first-order valence-electron chi connectivity index (χ1n) is 3.30. The van der Waals surface area contributed by atoms with Crippen LogP contribution in [-0.4, -0.2) is 25.3 Å². The Hall–Kier alpha value is -1.66. The molecule has 0 unspecified atom stereocenters. The van der Waals surface area contributed by atoms with Crippen LogP contribution in [0.15, 0.2) is 36.5 Å². The summed E-state index contributed by atoms with van der Waals surface area (Å²) in [6.07, 6.45) is 5.74. The molecule has 2 aliphatic heterocycles. The van der Waals surface area contributed by atoms with E-state index in [9.17, 15) is 10.3 Å². The molecule has 0 amide bonds. The predicted molar refractivity (Wildman–Crippen MR) is 39.4 cm³/mol. The van der Waals surface area contributed by atoms with E-state index in [2.05, 4.69) is 0 Å². The average molecular weight is 168 g/mol. The molecule has 12 heavy (non-hydrogen) atoms. The van der Waals surface area contributed by atoms with E-state index in [4.69, 9.17) is 5.84 Å². The number of hydrogen-bond donors (Lipinski definition) is 3. The molecule has 0 aromatic rings. The van der Waals surface area contributed by atoms with E-state index in [-0.39, 0.29) is 5.88 Å². The fourth-order valence-corrected chi connectivity index (χ4v) is 1.06. The normalized spacial score (nSPS) is 21.0. The van der Waals surface area contributed by atoms with Gasteiger partial charge >= 0.3 is 0 Å². The fourth-order valence-electron chi connectivity index (χ4n) is 1.06. The lowest BCUT2D eigenvalue weighted by molar-refractivity contribution is -0.0132. The highest BCUT2D eigenvalue weighted by Gasteiger charge is 2.26. The number of aliphatic hydroxyl groups excluding tert-OH is 1. The summed E-state index contributed by atoms with van der Waals surface area (Å²) in [4.78, 5) is 1.39. The molecule has 0 saturated heterocycles. The second-order valence-electron chi connectivity index (χ2n) is 2.43. The predicted octanol–water partition coefficient (Wildman–Crippen LogP) is -0.191. The molecule has 0 saturated carbocycles. The van der Waals surface area contributed by atoms with Crippen LogP contribution in [-0.2, 0) is 0 Å². The van der Waals surface area contributed by atoms with Crippen LogP contribution >= 0.6 is 0 Å². The lowest BCUT2D eigenvalue weighted by atomic mass is 10.5. The number of hydrogen-bond acceptors (Lipinski definition) is 6. The fraction of sp³-hybridized carbons (Fsp3) is 0. The van der Waals surface area contributed by atoms with Gasteiger partial charge in [0.1, 0.15) is 0 Å². The number of hydroxylamine groups is 2. The number of aliphatic hydroxyl groups is 1. The monoisotopic (exact) mass is 168 g/mol. The first kappa shape index (κ1) is 7.01. The molecule has 0 aliphatic carbocycles. The zero-order chi connectivity index (χ0) is 8.72. The van der Waals surface area contributed by atoms with Gasteiger partial charge in [-0.3, -0.25) is 15.1 Å². The van der Waals surface area contributed by atoms with Crippen LogP contribution in [0.3, 0.4) is 0 Å². The Kier molecular flexibility index (Phi) is 1.26. The molecule has 0 radical (unpaired) electrons. The van der Waals surface area contributed by atoms with Gasteiger partial charge < -0.3 is 5.11 Å². The Balaban J connectivity index is 2.35. The van der Waals surface area contributed by atoms with Crippen molar-refractivity contribution in [3.8, 4) is 0 Å². The average Bonchev–Trinajstić information content (AvgIpc) is 2.28. The van der Waals surface area contributed by atoms with E-state index in [1.807, 2.05) is 0 Å². The molecule has 0 aromatic carbocycles. The SMILES string of the molecule is NN1C=CN2C(O)=CN(O)C2=C1. The minimum absolute atomic E-state index is 0.0481. The van der Waals surface area contributed by atoms with Crippen LogP contribution in [0.1, 0.15) is 0 Å². The van der Waals surface area contributed by atoms with Gasteiger partial charge in [0.05, 0.1) is 12.4 Å². The maximum Gasteiger partial charge on any atom is 0.216 e. The lowest BCUT2D eigenvalue weighted by Crippen LogP contribution is -2.29. The highest BCUT2D eigenvalue weighted by atomic mass is 16.5. The Bertz CT molecular complexity index is 296. The van der Waals surface area contributed by atoms with Gasteiger partial charge in [-0.1, -0.05) is 0 Å². The quantitative estimate of drug-likeness (QED) is 0.435. The molecule has 64 valence electrons. The Morgan fingerprint density at radius 2 is 2.00 bits per heavy atom. The van der Waals surface area contributed by atoms with E-state index >= 15 is 0 Å². The number of rotatable bonds is 0. The van der Waals surface area contributed by atoms with E-state index in [0.717, 1.165) is 5.06 Å². The largest absolute Gasteiger partial charge is 0.493 e. The zero-order valence-corrected chi connectivity index (χ0v) is 6.12. The Morgan fingerprint density at radius 3 is 2.75 bits per heavy atom. The van der Waals surface area contributed by atoms with Crippen LogP contribution in [0.25, 0.3) is 0 Å².